The zero-order valence-corrected chi connectivity index (χ0v) is 16.1. The Hall–Kier alpha value is -2.51. The standard InChI is InChI=1S/C20H20N2O4S/c1-11-6-8-12(9-7-11)22-17(23)14-15(18(22)24)20(2,19(25)26-3)21-16(14)13-5-4-10-27-13/h4-10,14-16,21H,1-3H3/t14-,15-,16-,20-/m1/s1. The van der Waals surface area contributed by atoms with E-state index in [0.29, 0.717) is 5.69 Å². The lowest BCUT2D eigenvalue weighted by Crippen LogP contribution is -2.54. The van der Waals surface area contributed by atoms with E-state index in [0.717, 1.165) is 10.4 Å². The maximum Gasteiger partial charge on any atom is 0.326 e. The third-order valence-corrected chi connectivity index (χ3v) is 6.49. The minimum absolute atomic E-state index is 0.285. The molecule has 0 radical (unpaired) electrons. The fourth-order valence-electron chi connectivity index (χ4n) is 4.20. The monoisotopic (exact) mass is 384 g/mol. The molecule has 7 heteroatoms. The highest BCUT2D eigenvalue weighted by molar-refractivity contribution is 7.10. The molecule has 4 atom stereocenters. The molecule has 4 rings (SSSR count). The first kappa shape index (κ1) is 17.9. The van der Waals surface area contributed by atoms with E-state index in [1.807, 2.05) is 36.6 Å². The second-order valence-corrected chi connectivity index (χ2v) is 8.16. The quantitative estimate of drug-likeness (QED) is 0.650. The Labute approximate surface area is 161 Å². The van der Waals surface area contributed by atoms with Crippen LogP contribution in [0.2, 0.25) is 0 Å². The third-order valence-electron chi connectivity index (χ3n) is 5.54. The molecule has 2 saturated heterocycles. The summed E-state index contributed by atoms with van der Waals surface area (Å²) in [6.45, 7) is 3.59. The van der Waals surface area contributed by atoms with Crippen LogP contribution in [0.4, 0.5) is 5.69 Å². The van der Waals surface area contributed by atoms with E-state index in [9.17, 15) is 14.4 Å². The molecule has 2 fully saturated rings. The molecule has 2 aliphatic rings. The number of ether oxygens (including phenoxy) is 1. The zero-order chi connectivity index (χ0) is 19.3. The van der Waals surface area contributed by atoms with Crippen LogP contribution in [0.3, 0.4) is 0 Å². The van der Waals surface area contributed by atoms with Gasteiger partial charge in [-0.15, -0.1) is 11.3 Å². The fourth-order valence-corrected chi connectivity index (χ4v) is 5.02. The first-order valence-corrected chi connectivity index (χ1v) is 9.60. The highest BCUT2D eigenvalue weighted by atomic mass is 32.1. The van der Waals surface area contributed by atoms with Crippen LogP contribution in [0.1, 0.15) is 23.4 Å². The Bertz CT molecular complexity index is 909. The van der Waals surface area contributed by atoms with Crippen LogP contribution in [0.5, 0.6) is 0 Å². The lowest BCUT2D eigenvalue weighted by atomic mass is 9.81. The van der Waals surface area contributed by atoms with Gasteiger partial charge in [-0.2, -0.15) is 0 Å². The second-order valence-electron chi connectivity index (χ2n) is 7.18. The number of esters is 1. The number of carbonyl (C=O) groups excluding carboxylic acids is 3. The summed E-state index contributed by atoms with van der Waals surface area (Å²) in [7, 11) is 1.29. The van der Waals surface area contributed by atoms with Crippen molar-refractivity contribution in [1.82, 2.24) is 5.32 Å². The summed E-state index contributed by atoms with van der Waals surface area (Å²) in [5.41, 5.74) is 0.304. The predicted octanol–water partition coefficient (Wildman–Crippen LogP) is 2.44. The Balaban J connectivity index is 1.81. The number of imide groups is 1. The van der Waals surface area contributed by atoms with Crippen molar-refractivity contribution in [2.45, 2.75) is 25.4 Å². The molecular weight excluding hydrogens is 364 g/mol. The molecular formula is C20H20N2O4S. The summed E-state index contributed by atoms with van der Waals surface area (Å²) in [4.78, 5) is 41.3. The summed E-state index contributed by atoms with van der Waals surface area (Å²) in [5, 5.41) is 5.15. The van der Waals surface area contributed by atoms with E-state index < -0.39 is 29.4 Å². The van der Waals surface area contributed by atoms with Crippen molar-refractivity contribution in [2.75, 3.05) is 12.0 Å². The number of nitrogens with one attached hydrogen (secondary N) is 1. The van der Waals surface area contributed by atoms with Crippen molar-refractivity contribution >= 4 is 34.8 Å². The van der Waals surface area contributed by atoms with Gasteiger partial charge < -0.3 is 4.74 Å². The highest BCUT2D eigenvalue weighted by Gasteiger charge is 2.67. The van der Waals surface area contributed by atoms with Crippen molar-refractivity contribution in [3.63, 3.8) is 0 Å². The van der Waals surface area contributed by atoms with Gasteiger partial charge in [-0.3, -0.25) is 19.7 Å². The van der Waals surface area contributed by atoms with E-state index >= 15 is 0 Å². The summed E-state index contributed by atoms with van der Waals surface area (Å²) >= 11 is 1.49. The van der Waals surface area contributed by atoms with Crippen molar-refractivity contribution in [1.29, 1.82) is 0 Å². The van der Waals surface area contributed by atoms with Gasteiger partial charge in [-0.25, -0.2) is 4.90 Å². The highest BCUT2D eigenvalue weighted by Crippen LogP contribution is 2.50. The van der Waals surface area contributed by atoms with Gasteiger partial charge in [0.05, 0.1) is 30.7 Å². The first-order chi connectivity index (χ1) is 12.9. The summed E-state index contributed by atoms with van der Waals surface area (Å²) < 4.78 is 4.97. The molecule has 0 saturated carbocycles. The van der Waals surface area contributed by atoms with Gasteiger partial charge in [-0.05, 0) is 37.4 Å². The van der Waals surface area contributed by atoms with Crippen molar-refractivity contribution in [3.8, 4) is 0 Å². The molecule has 2 aliphatic heterocycles. The number of rotatable bonds is 3. The van der Waals surface area contributed by atoms with Gasteiger partial charge in [-0.1, -0.05) is 23.8 Å². The Kier molecular flexibility index (Phi) is 4.16. The summed E-state index contributed by atoms with van der Waals surface area (Å²) in [6.07, 6.45) is 0. The third kappa shape index (κ3) is 2.53. The van der Waals surface area contributed by atoms with E-state index in [4.69, 9.17) is 4.74 Å². The van der Waals surface area contributed by atoms with Crippen LogP contribution < -0.4 is 10.2 Å². The second kappa shape index (κ2) is 6.28. The summed E-state index contributed by atoms with van der Waals surface area (Å²) in [5.74, 6) is -2.66. The first-order valence-electron chi connectivity index (χ1n) is 8.72. The van der Waals surface area contributed by atoms with Gasteiger partial charge in [0.2, 0.25) is 11.8 Å². The van der Waals surface area contributed by atoms with Crippen molar-refractivity contribution in [3.05, 3.63) is 52.2 Å². The number of amides is 2. The fraction of sp³-hybridized carbons (Fsp3) is 0.350. The minimum Gasteiger partial charge on any atom is -0.468 e. The number of thiophene rings is 1. The molecule has 2 amide bonds. The molecule has 27 heavy (non-hydrogen) atoms. The number of hydrogen-bond donors (Lipinski definition) is 1. The van der Waals surface area contributed by atoms with Gasteiger partial charge >= 0.3 is 5.97 Å². The lowest BCUT2D eigenvalue weighted by Gasteiger charge is -2.28. The average Bonchev–Trinajstić information content (AvgIpc) is 3.34. The molecule has 6 nitrogen and oxygen atoms in total. The van der Waals surface area contributed by atoms with Crippen molar-refractivity contribution < 1.29 is 19.1 Å². The van der Waals surface area contributed by atoms with Gasteiger partial charge in [0.1, 0.15) is 5.54 Å². The summed E-state index contributed by atoms with van der Waals surface area (Å²) in [6, 6.07) is 10.6. The zero-order valence-electron chi connectivity index (χ0n) is 15.3. The number of fused-ring (bicyclic) bond motifs is 1. The molecule has 1 N–H and O–H groups in total. The number of methoxy groups -OCH3 is 1. The van der Waals surface area contributed by atoms with Crippen LogP contribution in [-0.4, -0.2) is 30.4 Å². The van der Waals surface area contributed by atoms with Gasteiger partial charge in [0.25, 0.3) is 0 Å². The Morgan fingerprint density at radius 1 is 1.19 bits per heavy atom. The maximum absolute atomic E-state index is 13.3. The molecule has 0 unspecified atom stereocenters. The van der Waals surface area contributed by atoms with Crippen molar-refractivity contribution in [2.24, 2.45) is 11.8 Å². The Morgan fingerprint density at radius 2 is 1.89 bits per heavy atom. The van der Waals surface area contributed by atoms with Crippen LogP contribution >= 0.6 is 11.3 Å². The van der Waals surface area contributed by atoms with Gasteiger partial charge in [0, 0.05) is 4.88 Å². The topological polar surface area (TPSA) is 75.7 Å². The van der Waals surface area contributed by atoms with Crippen LogP contribution in [0.15, 0.2) is 41.8 Å². The number of anilines is 1. The SMILES string of the molecule is COC(=O)[C@]1(C)N[C@H](c2cccs2)[C@@H]2C(=O)N(c3ccc(C)cc3)C(=O)[C@@H]21. The van der Waals surface area contributed by atoms with Crippen LogP contribution in [-0.2, 0) is 19.1 Å². The average molecular weight is 384 g/mol. The minimum atomic E-state index is -1.26. The van der Waals surface area contributed by atoms with E-state index in [-0.39, 0.29) is 11.8 Å². The molecule has 0 spiro atoms. The Morgan fingerprint density at radius 3 is 2.48 bits per heavy atom. The molecule has 0 bridgehead atoms. The maximum atomic E-state index is 13.3. The lowest BCUT2D eigenvalue weighted by molar-refractivity contribution is -0.151. The molecule has 140 valence electrons. The number of nitrogens with zero attached hydrogens (tertiary/aromatic N) is 1. The van der Waals surface area contributed by atoms with E-state index in [2.05, 4.69) is 5.32 Å². The van der Waals surface area contributed by atoms with Crippen LogP contribution in [0, 0.1) is 18.8 Å². The molecule has 1 aromatic carbocycles. The predicted molar refractivity (Wildman–Crippen MR) is 101 cm³/mol. The molecule has 2 aromatic rings. The normalized spacial score (nSPS) is 29.9. The molecule has 0 aliphatic carbocycles. The number of aryl methyl sites for hydroxylation is 1. The number of hydrogen-bond acceptors (Lipinski definition) is 6. The largest absolute Gasteiger partial charge is 0.468 e. The smallest absolute Gasteiger partial charge is 0.326 e. The van der Waals surface area contributed by atoms with Crippen LogP contribution in [0.25, 0.3) is 0 Å². The molecule has 1 aromatic heterocycles. The van der Waals surface area contributed by atoms with Gasteiger partial charge in [0.15, 0.2) is 0 Å². The number of carbonyl (C=O) groups is 3. The van der Waals surface area contributed by atoms with E-state index in [1.54, 1.807) is 19.1 Å². The number of benzene rings is 1. The molecule has 3 heterocycles. The van der Waals surface area contributed by atoms with E-state index in [1.165, 1.54) is 23.3 Å².